The molecule has 1 aliphatic rings. The highest BCUT2D eigenvalue weighted by Crippen LogP contribution is 2.22. The van der Waals surface area contributed by atoms with Crippen molar-refractivity contribution >= 4 is 32.7 Å². The lowest BCUT2D eigenvalue weighted by Crippen LogP contribution is -2.21. The zero-order valence-corrected chi connectivity index (χ0v) is 14.8. The van der Waals surface area contributed by atoms with Crippen LogP contribution < -0.4 is 10.2 Å². The summed E-state index contributed by atoms with van der Waals surface area (Å²) in [6, 6.07) is 11.6. The van der Waals surface area contributed by atoms with Crippen molar-refractivity contribution in [1.29, 1.82) is 0 Å². The lowest BCUT2D eigenvalue weighted by molar-refractivity contribution is -0.121. The number of rotatable bonds is 5. The molecule has 1 fully saturated rings. The summed E-state index contributed by atoms with van der Waals surface area (Å²) in [5.41, 5.74) is 3.33. The van der Waals surface area contributed by atoms with Crippen LogP contribution in [-0.2, 0) is 14.6 Å². The number of fused-ring (bicyclic) bond motifs is 1. The fourth-order valence-electron chi connectivity index (χ4n) is 2.97. The summed E-state index contributed by atoms with van der Waals surface area (Å²) in [7, 11) is -1.33. The van der Waals surface area contributed by atoms with Crippen LogP contribution in [0.1, 0.15) is 18.4 Å². The Morgan fingerprint density at radius 1 is 1.28 bits per heavy atom. The van der Waals surface area contributed by atoms with E-state index in [0.29, 0.717) is 6.42 Å². The van der Waals surface area contributed by atoms with Crippen LogP contribution in [0.2, 0.25) is 0 Å². The second kappa shape index (κ2) is 7.23. The van der Waals surface area contributed by atoms with Crippen molar-refractivity contribution in [3.8, 4) is 5.75 Å². The first-order valence-corrected chi connectivity index (χ1v) is 9.87. The molecule has 132 valence electrons. The molecule has 0 aliphatic carbocycles. The van der Waals surface area contributed by atoms with E-state index in [2.05, 4.69) is 10.5 Å². The SMILES string of the molecule is COc1ccc2cc(/C=N\NC(=O)C[C@H]3CCS(=O)(=O)C3)ccc2c1. The van der Waals surface area contributed by atoms with Gasteiger partial charge in [0, 0.05) is 6.42 Å². The average Bonchev–Trinajstić information content (AvgIpc) is 2.92. The molecule has 7 heteroatoms. The van der Waals surface area contributed by atoms with E-state index in [4.69, 9.17) is 4.74 Å². The molecular weight excluding hydrogens is 340 g/mol. The number of nitrogens with one attached hydrogen (secondary N) is 1. The minimum Gasteiger partial charge on any atom is -0.497 e. The van der Waals surface area contributed by atoms with Crippen LogP contribution in [0.3, 0.4) is 0 Å². The van der Waals surface area contributed by atoms with Crippen molar-refractivity contribution in [1.82, 2.24) is 5.43 Å². The van der Waals surface area contributed by atoms with Crippen LogP contribution >= 0.6 is 0 Å². The van der Waals surface area contributed by atoms with E-state index in [-0.39, 0.29) is 29.8 Å². The molecular formula is C18H20N2O4S. The van der Waals surface area contributed by atoms with Crippen molar-refractivity contribution in [2.75, 3.05) is 18.6 Å². The summed E-state index contributed by atoms with van der Waals surface area (Å²) in [4.78, 5) is 11.8. The lowest BCUT2D eigenvalue weighted by atomic mass is 10.1. The summed E-state index contributed by atoms with van der Waals surface area (Å²) < 4.78 is 28.0. The topological polar surface area (TPSA) is 84.8 Å². The molecule has 3 rings (SSSR count). The molecule has 1 saturated heterocycles. The van der Waals surface area contributed by atoms with Gasteiger partial charge in [0.1, 0.15) is 5.75 Å². The maximum atomic E-state index is 11.8. The van der Waals surface area contributed by atoms with Crippen LogP contribution in [-0.4, -0.2) is 39.2 Å². The van der Waals surface area contributed by atoms with Crippen LogP contribution in [0.4, 0.5) is 0 Å². The minimum absolute atomic E-state index is 0.0955. The summed E-state index contributed by atoms with van der Waals surface area (Å²) in [5, 5.41) is 6.07. The van der Waals surface area contributed by atoms with Crippen LogP contribution in [0, 0.1) is 5.92 Å². The van der Waals surface area contributed by atoms with Crippen LogP contribution in [0.25, 0.3) is 10.8 Å². The fourth-order valence-corrected chi connectivity index (χ4v) is 4.83. The first-order valence-electron chi connectivity index (χ1n) is 8.05. The van der Waals surface area contributed by atoms with Crippen molar-refractivity contribution in [2.24, 2.45) is 11.0 Å². The number of hydrazone groups is 1. The molecule has 1 amide bonds. The van der Waals surface area contributed by atoms with E-state index in [1.807, 2.05) is 36.4 Å². The Kier molecular flexibility index (Phi) is 5.03. The van der Waals surface area contributed by atoms with E-state index >= 15 is 0 Å². The Balaban J connectivity index is 1.58. The monoisotopic (exact) mass is 360 g/mol. The minimum atomic E-state index is -2.96. The summed E-state index contributed by atoms with van der Waals surface area (Å²) in [6.45, 7) is 0. The molecule has 2 aromatic carbocycles. The molecule has 0 bridgehead atoms. The van der Waals surface area contributed by atoms with E-state index in [1.165, 1.54) is 0 Å². The Hall–Kier alpha value is -2.41. The van der Waals surface area contributed by atoms with Gasteiger partial charge in [-0.2, -0.15) is 5.10 Å². The largest absolute Gasteiger partial charge is 0.497 e. The summed E-state index contributed by atoms with van der Waals surface area (Å²) >= 11 is 0. The second-order valence-corrected chi connectivity index (χ2v) is 8.47. The third-order valence-corrected chi connectivity index (χ3v) is 6.11. The average molecular weight is 360 g/mol. The van der Waals surface area contributed by atoms with Gasteiger partial charge in [0.25, 0.3) is 0 Å². The van der Waals surface area contributed by atoms with Crippen molar-refractivity contribution in [3.63, 3.8) is 0 Å². The number of carbonyl (C=O) groups is 1. The second-order valence-electron chi connectivity index (χ2n) is 6.24. The Morgan fingerprint density at radius 3 is 2.76 bits per heavy atom. The molecule has 2 aromatic rings. The number of hydrogen-bond donors (Lipinski definition) is 1. The van der Waals surface area contributed by atoms with Gasteiger partial charge in [-0.25, -0.2) is 13.8 Å². The maximum Gasteiger partial charge on any atom is 0.240 e. The number of carbonyl (C=O) groups excluding carboxylic acids is 1. The van der Waals surface area contributed by atoms with E-state index in [0.717, 1.165) is 22.1 Å². The Labute approximate surface area is 146 Å². The van der Waals surface area contributed by atoms with Gasteiger partial charge in [-0.1, -0.05) is 18.2 Å². The molecule has 0 radical (unpaired) electrons. The number of ether oxygens (including phenoxy) is 1. The smallest absolute Gasteiger partial charge is 0.240 e. The molecule has 1 aliphatic heterocycles. The zero-order valence-electron chi connectivity index (χ0n) is 13.9. The highest BCUT2D eigenvalue weighted by Gasteiger charge is 2.29. The Morgan fingerprint density at radius 2 is 2.04 bits per heavy atom. The van der Waals surface area contributed by atoms with Gasteiger partial charge in [-0.3, -0.25) is 4.79 Å². The molecule has 1 heterocycles. The molecule has 0 spiro atoms. The number of amides is 1. The highest BCUT2D eigenvalue weighted by atomic mass is 32.2. The maximum absolute atomic E-state index is 11.8. The van der Waals surface area contributed by atoms with E-state index in [9.17, 15) is 13.2 Å². The number of methoxy groups -OCH3 is 1. The molecule has 25 heavy (non-hydrogen) atoms. The normalized spacial score (nSPS) is 19.3. The standard InChI is InChI=1S/C18H20N2O4S/c1-24-17-5-4-15-8-13(2-3-16(15)10-17)11-19-20-18(21)9-14-6-7-25(22,23)12-14/h2-5,8,10-11,14H,6-7,9,12H2,1H3,(H,20,21)/b19-11-/t14-/m1/s1. The third-order valence-electron chi connectivity index (χ3n) is 4.28. The van der Waals surface area contributed by atoms with Gasteiger partial charge in [-0.15, -0.1) is 0 Å². The van der Waals surface area contributed by atoms with E-state index < -0.39 is 9.84 Å². The highest BCUT2D eigenvalue weighted by molar-refractivity contribution is 7.91. The van der Waals surface area contributed by atoms with Gasteiger partial charge in [-0.05, 0) is 46.9 Å². The number of sulfone groups is 1. The summed E-state index contributed by atoms with van der Waals surface area (Å²) in [6.07, 6.45) is 2.31. The predicted molar refractivity (Wildman–Crippen MR) is 97.6 cm³/mol. The first kappa shape index (κ1) is 17.4. The molecule has 0 unspecified atom stereocenters. The quantitative estimate of drug-likeness (QED) is 0.654. The van der Waals surface area contributed by atoms with Crippen molar-refractivity contribution < 1.29 is 17.9 Å². The number of hydrogen-bond acceptors (Lipinski definition) is 5. The van der Waals surface area contributed by atoms with Crippen LogP contribution in [0.15, 0.2) is 41.5 Å². The third kappa shape index (κ3) is 4.57. The number of nitrogens with zero attached hydrogens (tertiary/aromatic N) is 1. The van der Waals surface area contributed by atoms with Crippen LogP contribution in [0.5, 0.6) is 5.75 Å². The first-order chi connectivity index (χ1) is 11.9. The zero-order chi connectivity index (χ0) is 17.9. The van der Waals surface area contributed by atoms with Crippen molar-refractivity contribution in [3.05, 3.63) is 42.0 Å². The summed E-state index contributed by atoms with van der Waals surface area (Å²) in [5.74, 6) is 0.712. The number of benzene rings is 2. The Bertz CT molecular complexity index is 922. The predicted octanol–water partition coefficient (Wildman–Crippen LogP) is 2.12. The fraction of sp³-hybridized carbons (Fsp3) is 0.333. The van der Waals surface area contributed by atoms with Gasteiger partial charge in [0.2, 0.25) is 5.91 Å². The molecule has 0 saturated carbocycles. The molecule has 0 aromatic heterocycles. The molecule has 6 nitrogen and oxygen atoms in total. The van der Waals surface area contributed by atoms with Crippen molar-refractivity contribution in [2.45, 2.75) is 12.8 Å². The van der Waals surface area contributed by atoms with Gasteiger partial charge in [0.15, 0.2) is 9.84 Å². The lowest BCUT2D eigenvalue weighted by Gasteiger charge is -2.05. The van der Waals surface area contributed by atoms with Gasteiger partial charge in [0.05, 0.1) is 24.8 Å². The van der Waals surface area contributed by atoms with Gasteiger partial charge < -0.3 is 4.74 Å². The molecule has 1 atom stereocenters. The van der Waals surface area contributed by atoms with E-state index in [1.54, 1.807) is 13.3 Å². The molecule has 1 N–H and O–H groups in total. The van der Waals surface area contributed by atoms with Gasteiger partial charge >= 0.3 is 0 Å².